The highest BCUT2D eigenvalue weighted by Gasteiger charge is 2.22. The molecule has 1 fully saturated rings. The van der Waals surface area contributed by atoms with Crippen LogP contribution in [-0.4, -0.2) is 46.9 Å². The number of hydrogen-bond donors (Lipinski definition) is 0. The van der Waals surface area contributed by atoms with E-state index in [9.17, 15) is 0 Å². The van der Waals surface area contributed by atoms with Crippen molar-refractivity contribution in [2.75, 3.05) is 32.2 Å². The Hall–Kier alpha value is -3.06. The Morgan fingerprint density at radius 3 is 2.47 bits per heavy atom. The standard InChI is InChI=1S/C22H22ClN5O2/c1-29-18-9-6-14(12-19(18)30-2)20-25-26-21-16-8-7-15(23)13-17(16)24-22(28(20)21)27-10-4-3-5-11-27/h6-9,12-13H,3-5,10-11H2,1-2H3. The molecule has 0 atom stereocenters. The van der Waals surface area contributed by atoms with Crippen molar-refractivity contribution < 1.29 is 9.47 Å². The van der Waals surface area contributed by atoms with Crippen molar-refractivity contribution in [1.82, 2.24) is 19.6 Å². The molecule has 0 radical (unpaired) electrons. The molecule has 4 aromatic rings. The molecular formula is C22H22ClN5O2. The van der Waals surface area contributed by atoms with Crippen LogP contribution in [0.2, 0.25) is 5.02 Å². The number of anilines is 1. The molecule has 154 valence electrons. The predicted molar refractivity (Wildman–Crippen MR) is 118 cm³/mol. The first-order valence-corrected chi connectivity index (χ1v) is 10.4. The third-order valence-electron chi connectivity index (χ3n) is 5.56. The van der Waals surface area contributed by atoms with Gasteiger partial charge in [0.25, 0.3) is 0 Å². The summed E-state index contributed by atoms with van der Waals surface area (Å²) in [6.07, 6.45) is 3.53. The fraction of sp³-hybridized carbons (Fsp3) is 0.318. The molecule has 1 aliphatic rings. The number of nitrogens with zero attached hydrogens (tertiary/aromatic N) is 5. The molecule has 0 aliphatic carbocycles. The Kier molecular flexibility index (Phi) is 4.83. The molecule has 7 nitrogen and oxygen atoms in total. The molecule has 5 rings (SSSR count). The molecule has 0 spiro atoms. The molecular weight excluding hydrogens is 402 g/mol. The molecule has 8 heteroatoms. The van der Waals surface area contributed by atoms with Crippen molar-refractivity contribution in [2.24, 2.45) is 0 Å². The Labute approximate surface area is 179 Å². The van der Waals surface area contributed by atoms with E-state index in [1.165, 1.54) is 6.42 Å². The zero-order valence-electron chi connectivity index (χ0n) is 16.9. The summed E-state index contributed by atoms with van der Waals surface area (Å²) in [7, 11) is 3.25. The summed E-state index contributed by atoms with van der Waals surface area (Å²) in [6, 6.07) is 11.5. The van der Waals surface area contributed by atoms with Gasteiger partial charge in [-0.2, -0.15) is 0 Å². The summed E-state index contributed by atoms with van der Waals surface area (Å²) >= 11 is 6.25. The Balaban J connectivity index is 1.78. The zero-order valence-corrected chi connectivity index (χ0v) is 17.7. The van der Waals surface area contributed by atoms with Crippen LogP contribution in [-0.2, 0) is 0 Å². The smallest absolute Gasteiger partial charge is 0.213 e. The second-order valence-corrected chi connectivity index (χ2v) is 7.81. The molecule has 0 amide bonds. The average molecular weight is 424 g/mol. The Morgan fingerprint density at radius 1 is 0.900 bits per heavy atom. The van der Waals surface area contributed by atoms with Crippen molar-refractivity contribution in [1.29, 1.82) is 0 Å². The van der Waals surface area contributed by atoms with Gasteiger partial charge < -0.3 is 14.4 Å². The van der Waals surface area contributed by atoms with E-state index >= 15 is 0 Å². The van der Waals surface area contributed by atoms with E-state index in [2.05, 4.69) is 15.1 Å². The Bertz CT molecular complexity index is 1230. The largest absolute Gasteiger partial charge is 0.493 e. The first-order chi connectivity index (χ1) is 14.7. The van der Waals surface area contributed by atoms with Crippen LogP contribution < -0.4 is 14.4 Å². The minimum absolute atomic E-state index is 0.645. The highest BCUT2D eigenvalue weighted by Crippen LogP contribution is 2.35. The molecule has 1 saturated heterocycles. The minimum Gasteiger partial charge on any atom is -0.493 e. The van der Waals surface area contributed by atoms with Crippen LogP contribution in [0.15, 0.2) is 36.4 Å². The lowest BCUT2D eigenvalue weighted by atomic mass is 10.1. The topological polar surface area (TPSA) is 64.8 Å². The van der Waals surface area contributed by atoms with Gasteiger partial charge in [0.1, 0.15) is 0 Å². The minimum atomic E-state index is 0.645. The van der Waals surface area contributed by atoms with E-state index in [0.29, 0.717) is 16.5 Å². The summed E-state index contributed by atoms with van der Waals surface area (Å²) in [6.45, 7) is 1.91. The summed E-state index contributed by atoms with van der Waals surface area (Å²) in [4.78, 5) is 7.30. The normalized spacial score (nSPS) is 14.4. The second kappa shape index (κ2) is 7.65. The number of hydrogen-bond acceptors (Lipinski definition) is 6. The first-order valence-electron chi connectivity index (χ1n) is 10.0. The van der Waals surface area contributed by atoms with E-state index in [4.69, 9.17) is 26.1 Å². The number of piperidine rings is 1. The molecule has 2 aromatic carbocycles. The third kappa shape index (κ3) is 3.10. The van der Waals surface area contributed by atoms with Gasteiger partial charge in [-0.05, 0) is 55.7 Å². The third-order valence-corrected chi connectivity index (χ3v) is 5.80. The van der Waals surface area contributed by atoms with Gasteiger partial charge in [0.2, 0.25) is 5.95 Å². The van der Waals surface area contributed by atoms with Gasteiger partial charge >= 0.3 is 0 Å². The summed E-state index contributed by atoms with van der Waals surface area (Å²) in [5.41, 5.74) is 2.47. The number of rotatable bonds is 4. The van der Waals surface area contributed by atoms with Crippen LogP contribution in [0.3, 0.4) is 0 Å². The fourth-order valence-electron chi connectivity index (χ4n) is 4.06. The van der Waals surface area contributed by atoms with Gasteiger partial charge in [-0.3, -0.25) is 0 Å². The quantitative estimate of drug-likeness (QED) is 0.477. The molecule has 0 unspecified atom stereocenters. The number of methoxy groups -OCH3 is 2. The van der Waals surface area contributed by atoms with Gasteiger partial charge in [0, 0.05) is 29.1 Å². The number of ether oxygens (including phenoxy) is 2. The van der Waals surface area contributed by atoms with Crippen LogP contribution >= 0.6 is 11.6 Å². The molecule has 2 aromatic heterocycles. The maximum absolute atomic E-state index is 6.25. The summed E-state index contributed by atoms with van der Waals surface area (Å²) in [5.74, 6) is 2.88. The zero-order chi connectivity index (χ0) is 20.7. The Morgan fingerprint density at radius 2 is 1.70 bits per heavy atom. The molecule has 1 aliphatic heterocycles. The lowest BCUT2D eigenvalue weighted by Crippen LogP contribution is -2.32. The predicted octanol–water partition coefficient (Wildman–Crippen LogP) is 4.61. The summed E-state index contributed by atoms with van der Waals surface area (Å²) in [5, 5.41) is 10.7. The second-order valence-electron chi connectivity index (χ2n) is 7.37. The van der Waals surface area contributed by atoms with Crippen LogP contribution in [0.25, 0.3) is 27.9 Å². The van der Waals surface area contributed by atoms with Crippen molar-refractivity contribution in [2.45, 2.75) is 19.3 Å². The van der Waals surface area contributed by atoms with E-state index in [1.807, 2.05) is 40.8 Å². The maximum Gasteiger partial charge on any atom is 0.213 e. The van der Waals surface area contributed by atoms with Gasteiger partial charge in [0.15, 0.2) is 23.0 Å². The van der Waals surface area contributed by atoms with Gasteiger partial charge in [0.05, 0.1) is 19.7 Å². The number of aromatic nitrogens is 4. The maximum atomic E-state index is 6.25. The van der Waals surface area contributed by atoms with E-state index in [0.717, 1.165) is 59.8 Å². The first kappa shape index (κ1) is 18.9. The van der Waals surface area contributed by atoms with Gasteiger partial charge in [-0.1, -0.05) is 11.6 Å². The number of fused-ring (bicyclic) bond motifs is 3. The van der Waals surface area contributed by atoms with Gasteiger partial charge in [-0.15, -0.1) is 10.2 Å². The van der Waals surface area contributed by atoms with Crippen LogP contribution in [0.1, 0.15) is 19.3 Å². The highest BCUT2D eigenvalue weighted by molar-refractivity contribution is 6.31. The van der Waals surface area contributed by atoms with Crippen molar-refractivity contribution in [3.05, 3.63) is 41.4 Å². The number of benzene rings is 2. The van der Waals surface area contributed by atoms with Crippen molar-refractivity contribution >= 4 is 34.1 Å². The molecule has 30 heavy (non-hydrogen) atoms. The number of halogens is 1. The molecule has 0 bridgehead atoms. The van der Waals surface area contributed by atoms with E-state index in [1.54, 1.807) is 14.2 Å². The molecule has 3 heterocycles. The van der Waals surface area contributed by atoms with Crippen molar-refractivity contribution in [3.63, 3.8) is 0 Å². The van der Waals surface area contributed by atoms with Crippen LogP contribution in [0.5, 0.6) is 11.5 Å². The van der Waals surface area contributed by atoms with E-state index < -0.39 is 0 Å². The van der Waals surface area contributed by atoms with Crippen LogP contribution in [0, 0.1) is 0 Å². The average Bonchev–Trinajstić information content (AvgIpc) is 3.23. The molecule has 0 N–H and O–H groups in total. The SMILES string of the molecule is COc1ccc(-c2nnc3c4ccc(Cl)cc4nc(N4CCCCC4)n23)cc1OC. The van der Waals surface area contributed by atoms with E-state index in [-0.39, 0.29) is 0 Å². The molecule has 0 saturated carbocycles. The fourth-order valence-corrected chi connectivity index (χ4v) is 4.23. The summed E-state index contributed by atoms with van der Waals surface area (Å²) < 4.78 is 12.9. The highest BCUT2D eigenvalue weighted by atomic mass is 35.5. The van der Waals surface area contributed by atoms with Crippen LogP contribution in [0.4, 0.5) is 5.95 Å². The van der Waals surface area contributed by atoms with Gasteiger partial charge in [-0.25, -0.2) is 9.38 Å². The lowest BCUT2D eigenvalue weighted by molar-refractivity contribution is 0.355. The monoisotopic (exact) mass is 423 g/mol. The van der Waals surface area contributed by atoms with Crippen molar-refractivity contribution in [3.8, 4) is 22.9 Å². The lowest BCUT2D eigenvalue weighted by Gasteiger charge is -2.28.